The number of ether oxygens (including phenoxy) is 2. The van der Waals surface area contributed by atoms with Crippen molar-refractivity contribution in [3.05, 3.63) is 52.8 Å². The maximum absolute atomic E-state index is 13.1. The number of anilines is 1. The maximum Gasteiger partial charge on any atom is 0.124 e. The van der Waals surface area contributed by atoms with E-state index in [1.807, 2.05) is 18.2 Å². The van der Waals surface area contributed by atoms with Crippen LogP contribution in [0.5, 0.6) is 11.5 Å². The zero-order chi connectivity index (χ0) is 14.8. The number of halogens is 2. The van der Waals surface area contributed by atoms with Crippen LogP contribution >= 0.6 is 11.6 Å². The van der Waals surface area contributed by atoms with Crippen LogP contribution in [0.1, 0.15) is 18.0 Å². The molecule has 0 bridgehead atoms. The van der Waals surface area contributed by atoms with Gasteiger partial charge in [0.05, 0.1) is 30.5 Å². The Morgan fingerprint density at radius 1 is 1.29 bits per heavy atom. The average molecular weight is 308 g/mol. The largest absolute Gasteiger partial charge is 0.497 e. The molecular formula is C16H15ClFNO2. The van der Waals surface area contributed by atoms with Crippen LogP contribution in [0, 0.1) is 5.82 Å². The van der Waals surface area contributed by atoms with E-state index in [-0.39, 0.29) is 11.9 Å². The Bertz CT molecular complexity index is 663. The minimum absolute atomic E-state index is 0.0480. The quantitative estimate of drug-likeness (QED) is 0.910. The van der Waals surface area contributed by atoms with Gasteiger partial charge in [0.1, 0.15) is 17.3 Å². The maximum atomic E-state index is 13.1. The number of benzene rings is 2. The summed E-state index contributed by atoms with van der Waals surface area (Å²) in [5, 5.41) is 3.72. The number of nitrogens with one attached hydrogen (secondary N) is 1. The highest BCUT2D eigenvalue weighted by molar-refractivity contribution is 6.33. The van der Waals surface area contributed by atoms with Crippen LogP contribution in [0.25, 0.3) is 0 Å². The Kier molecular flexibility index (Phi) is 3.88. The Morgan fingerprint density at radius 3 is 2.90 bits per heavy atom. The lowest BCUT2D eigenvalue weighted by Crippen LogP contribution is -2.20. The molecule has 1 aliphatic rings. The van der Waals surface area contributed by atoms with Gasteiger partial charge in [0, 0.05) is 12.0 Å². The molecule has 0 saturated heterocycles. The lowest BCUT2D eigenvalue weighted by molar-refractivity contribution is 0.273. The van der Waals surface area contributed by atoms with Crippen LogP contribution in [0.3, 0.4) is 0 Å². The Balaban J connectivity index is 1.90. The molecule has 1 atom stereocenters. The van der Waals surface area contributed by atoms with Gasteiger partial charge in [0.25, 0.3) is 0 Å². The Morgan fingerprint density at radius 2 is 2.14 bits per heavy atom. The highest BCUT2D eigenvalue weighted by atomic mass is 35.5. The first-order valence-electron chi connectivity index (χ1n) is 6.69. The first kappa shape index (κ1) is 14.0. The molecule has 2 aromatic rings. The van der Waals surface area contributed by atoms with Gasteiger partial charge in [0.15, 0.2) is 0 Å². The third-order valence-electron chi connectivity index (χ3n) is 3.52. The summed E-state index contributed by atoms with van der Waals surface area (Å²) < 4.78 is 24.0. The van der Waals surface area contributed by atoms with E-state index in [1.54, 1.807) is 13.2 Å². The minimum Gasteiger partial charge on any atom is -0.497 e. The van der Waals surface area contributed by atoms with E-state index in [1.165, 1.54) is 12.1 Å². The van der Waals surface area contributed by atoms with E-state index >= 15 is 0 Å². The fourth-order valence-electron chi connectivity index (χ4n) is 2.44. The van der Waals surface area contributed by atoms with Gasteiger partial charge in [-0.1, -0.05) is 11.6 Å². The number of methoxy groups -OCH3 is 1. The zero-order valence-corrected chi connectivity index (χ0v) is 12.3. The molecule has 3 nitrogen and oxygen atoms in total. The molecule has 0 aromatic heterocycles. The van der Waals surface area contributed by atoms with Crippen LogP contribution < -0.4 is 14.8 Å². The van der Waals surface area contributed by atoms with Gasteiger partial charge in [-0.3, -0.25) is 0 Å². The van der Waals surface area contributed by atoms with Crippen molar-refractivity contribution in [3.63, 3.8) is 0 Å². The van der Waals surface area contributed by atoms with E-state index in [2.05, 4.69) is 5.32 Å². The third kappa shape index (κ3) is 2.90. The van der Waals surface area contributed by atoms with Crippen LogP contribution in [-0.4, -0.2) is 13.7 Å². The summed E-state index contributed by atoms with van der Waals surface area (Å²) in [7, 11) is 1.63. The summed E-state index contributed by atoms with van der Waals surface area (Å²) in [6.45, 7) is 0.621. The molecule has 0 saturated carbocycles. The summed E-state index contributed by atoms with van der Waals surface area (Å²) in [4.78, 5) is 0. The first-order chi connectivity index (χ1) is 10.2. The van der Waals surface area contributed by atoms with Crippen LogP contribution in [0.2, 0.25) is 5.02 Å². The van der Waals surface area contributed by atoms with Gasteiger partial charge in [0.2, 0.25) is 0 Å². The van der Waals surface area contributed by atoms with Crippen molar-refractivity contribution in [3.8, 4) is 11.5 Å². The zero-order valence-electron chi connectivity index (χ0n) is 11.5. The topological polar surface area (TPSA) is 30.5 Å². The number of hydrogen-bond donors (Lipinski definition) is 1. The molecule has 3 rings (SSSR count). The number of fused-ring (bicyclic) bond motifs is 1. The standard InChI is InChI=1S/C16H15ClFNO2/c1-20-11-3-5-16-12(9-11)14(6-7-21-16)19-15-4-2-10(18)8-13(15)17/h2-5,8-9,14,19H,6-7H2,1H3. The lowest BCUT2D eigenvalue weighted by atomic mass is 10.00. The molecule has 0 radical (unpaired) electrons. The molecule has 0 amide bonds. The van der Waals surface area contributed by atoms with E-state index in [4.69, 9.17) is 21.1 Å². The lowest BCUT2D eigenvalue weighted by Gasteiger charge is -2.28. The van der Waals surface area contributed by atoms with Gasteiger partial charge >= 0.3 is 0 Å². The molecule has 21 heavy (non-hydrogen) atoms. The summed E-state index contributed by atoms with van der Waals surface area (Å²) >= 11 is 6.08. The Labute approximate surface area is 127 Å². The minimum atomic E-state index is -0.348. The monoisotopic (exact) mass is 307 g/mol. The number of rotatable bonds is 3. The summed E-state index contributed by atoms with van der Waals surface area (Å²) in [5.74, 6) is 1.26. The van der Waals surface area contributed by atoms with Crippen LogP contribution in [0.4, 0.5) is 10.1 Å². The predicted molar refractivity (Wildman–Crippen MR) is 80.9 cm³/mol. The fraction of sp³-hybridized carbons (Fsp3) is 0.250. The van der Waals surface area contributed by atoms with Gasteiger partial charge in [-0.25, -0.2) is 4.39 Å². The number of hydrogen-bond acceptors (Lipinski definition) is 3. The van der Waals surface area contributed by atoms with Crippen LogP contribution in [-0.2, 0) is 0 Å². The molecule has 1 heterocycles. The van der Waals surface area contributed by atoms with Crippen molar-refractivity contribution in [2.75, 3.05) is 19.0 Å². The average Bonchev–Trinajstić information content (AvgIpc) is 2.50. The van der Waals surface area contributed by atoms with Crippen molar-refractivity contribution in [1.29, 1.82) is 0 Å². The predicted octanol–water partition coefficient (Wildman–Crippen LogP) is 4.42. The Hall–Kier alpha value is -1.94. The second kappa shape index (κ2) is 5.82. The molecule has 0 spiro atoms. The molecule has 1 aliphatic heterocycles. The molecule has 1 unspecified atom stereocenters. The molecule has 110 valence electrons. The molecule has 1 N–H and O–H groups in total. The van der Waals surface area contributed by atoms with E-state index in [0.717, 1.165) is 23.5 Å². The molecular weight excluding hydrogens is 293 g/mol. The first-order valence-corrected chi connectivity index (χ1v) is 7.07. The second-order valence-electron chi connectivity index (χ2n) is 4.86. The van der Waals surface area contributed by atoms with Gasteiger partial charge < -0.3 is 14.8 Å². The smallest absolute Gasteiger partial charge is 0.124 e. The fourth-order valence-corrected chi connectivity index (χ4v) is 2.67. The van der Waals surface area contributed by atoms with Crippen molar-refractivity contribution >= 4 is 17.3 Å². The van der Waals surface area contributed by atoms with Gasteiger partial charge in [-0.05, 0) is 36.4 Å². The highest BCUT2D eigenvalue weighted by Crippen LogP contribution is 2.37. The molecule has 0 aliphatic carbocycles. The summed E-state index contributed by atoms with van der Waals surface area (Å²) in [5.41, 5.74) is 1.72. The van der Waals surface area contributed by atoms with E-state index < -0.39 is 0 Å². The molecule has 2 aromatic carbocycles. The van der Waals surface area contributed by atoms with E-state index in [0.29, 0.717) is 17.3 Å². The van der Waals surface area contributed by atoms with Crippen LogP contribution in [0.15, 0.2) is 36.4 Å². The molecule has 5 heteroatoms. The molecule has 0 fully saturated rings. The van der Waals surface area contributed by atoms with Gasteiger partial charge in [-0.15, -0.1) is 0 Å². The highest BCUT2D eigenvalue weighted by Gasteiger charge is 2.22. The van der Waals surface area contributed by atoms with Crippen molar-refractivity contribution in [2.24, 2.45) is 0 Å². The second-order valence-corrected chi connectivity index (χ2v) is 5.27. The van der Waals surface area contributed by atoms with Gasteiger partial charge in [-0.2, -0.15) is 0 Å². The third-order valence-corrected chi connectivity index (χ3v) is 3.83. The van der Waals surface area contributed by atoms with Crippen molar-refractivity contribution in [1.82, 2.24) is 0 Å². The SMILES string of the molecule is COc1ccc2c(c1)C(Nc1ccc(F)cc1Cl)CCO2. The summed E-state index contributed by atoms with van der Waals surface area (Å²) in [6, 6.07) is 10.1. The normalized spacial score (nSPS) is 16.8. The van der Waals surface area contributed by atoms with E-state index in [9.17, 15) is 4.39 Å². The summed E-state index contributed by atoms with van der Waals surface area (Å²) in [6.07, 6.45) is 0.799. The van der Waals surface area contributed by atoms with Crippen molar-refractivity contribution in [2.45, 2.75) is 12.5 Å². The van der Waals surface area contributed by atoms with Crippen molar-refractivity contribution < 1.29 is 13.9 Å².